The van der Waals surface area contributed by atoms with Crippen molar-refractivity contribution in [3.05, 3.63) is 54.6 Å². The highest BCUT2D eigenvalue weighted by atomic mass is 14.9. The van der Waals surface area contributed by atoms with Crippen LogP contribution >= 0.6 is 0 Å². The van der Waals surface area contributed by atoms with E-state index in [1.54, 1.807) is 0 Å². The third-order valence-corrected chi connectivity index (χ3v) is 4.40. The fourth-order valence-corrected chi connectivity index (χ4v) is 3.00. The molecule has 3 rings (SSSR count). The smallest absolute Gasteiger partial charge is 0.0340 e. The molecule has 1 fully saturated rings. The van der Waals surface area contributed by atoms with E-state index in [9.17, 15) is 0 Å². The molecule has 0 radical (unpaired) electrons. The Morgan fingerprint density at radius 3 is 2.38 bits per heavy atom. The van der Waals surface area contributed by atoms with Gasteiger partial charge in [-0.05, 0) is 48.1 Å². The summed E-state index contributed by atoms with van der Waals surface area (Å²) in [7, 11) is 0. The van der Waals surface area contributed by atoms with Crippen molar-refractivity contribution >= 4 is 5.69 Å². The van der Waals surface area contributed by atoms with E-state index in [2.05, 4.69) is 72.2 Å². The van der Waals surface area contributed by atoms with Crippen LogP contribution in [0.2, 0.25) is 0 Å². The van der Waals surface area contributed by atoms with E-state index in [0.717, 1.165) is 13.1 Å². The monoisotopic (exact) mass is 280 g/mol. The molecule has 2 heteroatoms. The summed E-state index contributed by atoms with van der Waals surface area (Å²) < 4.78 is 0. The van der Waals surface area contributed by atoms with E-state index in [-0.39, 0.29) is 0 Å². The van der Waals surface area contributed by atoms with Gasteiger partial charge in [0.1, 0.15) is 0 Å². The molecule has 2 N–H and O–H groups in total. The fraction of sp³-hybridized carbons (Fsp3) is 0.368. The van der Waals surface area contributed by atoms with E-state index in [0.29, 0.717) is 5.41 Å². The Bertz CT molecular complexity index is 554. The lowest BCUT2D eigenvalue weighted by Gasteiger charge is -2.34. The standard InChI is InChI=1S/C19H24N2/c1-19(12-5-13-20-14-19)15-21-18-10-8-17(9-11-18)16-6-3-2-4-7-16/h2-4,6-11,20-21H,5,12-15H2,1H3. The maximum absolute atomic E-state index is 3.59. The molecule has 1 aliphatic heterocycles. The Labute approximate surface area is 127 Å². The van der Waals surface area contributed by atoms with Gasteiger partial charge in [0.15, 0.2) is 0 Å². The van der Waals surface area contributed by atoms with Crippen molar-refractivity contribution in [3.63, 3.8) is 0 Å². The van der Waals surface area contributed by atoms with Crippen molar-refractivity contribution in [3.8, 4) is 11.1 Å². The predicted octanol–water partition coefficient (Wildman–Crippen LogP) is 4.16. The van der Waals surface area contributed by atoms with Gasteiger partial charge < -0.3 is 10.6 Å². The molecule has 0 aliphatic carbocycles. The first-order valence-corrected chi connectivity index (χ1v) is 7.85. The van der Waals surface area contributed by atoms with Crippen LogP contribution in [0.25, 0.3) is 11.1 Å². The summed E-state index contributed by atoms with van der Waals surface area (Å²) in [6.45, 7) is 5.68. The second-order valence-corrected chi connectivity index (χ2v) is 6.39. The highest BCUT2D eigenvalue weighted by molar-refractivity contribution is 5.65. The van der Waals surface area contributed by atoms with E-state index in [1.165, 1.54) is 36.2 Å². The van der Waals surface area contributed by atoms with Crippen LogP contribution < -0.4 is 10.6 Å². The van der Waals surface area contributed by atoms with Crippen molar-refractivity contribution in [1.82, 2.24) is 5.32 Å². The van der Waals surface area contributed by atoms with E-state index in [1.807, 2.05) is 0 Å². The van der Waals surface area contributed by atoms with Crippen LogP contribution in [0.5, 0.6) is 0 Å². The van der Waals surface area contributed by atoms with Crippen LogP contribution in [0.1, 0.15) is 19.8 Å². The fourth-order valence-electron chi connectivity index (χ4n) is 3.00. The number of piperidine rings is 1. The first kappa shape index (κ1) is 14.2. The quantitative estimate of drug-likeness (QED) is 0.879. The summed E-state index contributed by atoms with van der Waals surface area (Å²) in [6.07, 6.45) is 2.58. The van der Waals surface area contributed by atoms with Gasteiger partial charge in [-0.2, -0.15) is 0 Å². The van der Waals surface area contributed by atoms with Crippen molar-refractivity contribution in [2.24, 2.45) is 5.41 Å². The van der Waals surface area contributed by atoms with Gasteiger partial charge in [0.25, 0.3) is 0 Å². The summed E-state index contributed by atoms with van der Waals surface area (Å²) in [6, 6.07) is 19.3. The molecule has 0 spiro atoms. The molecule has 0 aromatic heterocycles. The van der Waals surface area contributed by atoms with Crippen LogP contribution in [0.15, 0.2) is 54.6 Å². The van der Waals surface area contributed by atoms with Gasteiger partial charge in [0.05, 0.1) is 0 Å². The Balaban J connectivity index is 1.62. The molecule has 1 aliphatic rings. The summed E-state index contributed by atoms with van der Waals surface area (Å²) in [4.78, 5) is 0. The average Bonchev–Trinajstić information content (AvgIpc) is 2.55. The minimum absolute atomic E-state index is 0.371. The van der Waals surface area contributed by atoms with E-state index >= 15 is 0 Å². The molecule has 0 amide bonds. The molecule has 1 atom stereocenters. The molecular formula is C19H24N2. The third kappa shape index (κ3) is 3.64. The number of hydrogen-bond donors (Lipinski definition) is 2. The van der Waals surface area contributed by atoms with Crippen molar-refractivity contribution < 1.29 is 0 Å². The zero-order chi connectivity index (χ0) is 14.5. The third-order valence-electron chi connectivity index (χ3n) is 4.40. The van der Waals surface area contributed by atoms with E-state index < -0.39 is 0 Å². The molecule has 1 heterocycles. The molecule has 0 saturated carbocycles. The molecule has 2 aromatic carbocycles. The predicted molar refractivity (Wildman–Crippen MR) is 90.6 cm³/mol. The second-order valence-electron chi connectivity index (χ2n) is 6.39. The number of hydrogen-bond acceptors (Lipinski definition) is 2. The lowest BCUT2D eigenvalue weighted by Crippen LogP contribution is -2.42. The van der Waals surface area contributed by atoms with Gasteiger partial charge in [-0.15, -0.1) is 0 Å². The maximum atomic E-state index is 3.59. The Morgan fingerprint density at radius 2 is 1.71 bits per heavy atom. The first-order valence-electron chi connectivity index (χ1n) is 7.85. The van der Waals surface area contributed by atoms with Crippen LogP contribution in [0, 0.1) is 5.41 Å². The van der Waals surface area contributed by atoms with Gasteiger partial charge in [-0.3, -0.25) is 0 Å². The van der Waals surface area contributed by atoms with Crippen LogP contribution in [0.4, 0.5) is 5.69 Å². The van der Waals surface area contributed by atoms with Crippen molar-refractivity contribution in [2.75, 3.05) is 25.0 Å². The SMILES string of the molecule is CC1(CNc2ccc(-c3ccccc3)cc2)CCCNC1. The summed E-state index contributed by atoms with van der Waals surface area (Å²) in [5.74, 6) is 0. The highest BCUT2D eigenvalue weighted by Gasteiger charge is 2.26. The van der Waals surface area contributed by atoms with Crippen LogP contribution in [-0.4, -0.2) is 19.6 Å². The maximum Gasteiger partial charge on any atom is 0.0340 e. The van der Waals surface area contributed by atoms with Crippen molar-refractivity contribution in [1.29, 1.82) is 0 Å². The van der Waals surface area contributed by atoms with E-state index in [4.69, 9.17) is 0 Å². The Hall–Kier alpha value is -1.80. The van der Waals surface area contributed by atoms with Gasteiger partial charge in [-0.1, -0.05) is 49.4 Å². The first-order chi connectivity index (χ1) is 10.3. The average molecular weight is 280 g/mol. The normalized spacial score (nSPS) is 22.0. The molecular weight excluding hydrogens is 256 g/mol. The van der Waals surface area contributed by atoms with Crippen LogP contribution in [-0.2, 0) is 0 Å². The Morgan fingerprint density at radius 1 is 1.00 bits per heavy atom. The molecule has 1 unspecified atom stereocenters. The Kier molecular flexibility index (Phi) is 4.26. The molecule has 1 saturated heterocycles. The minimum atomic E-state index is 0.371. The van der Waals surface area contributed by atoms with Gasteiger partial charge in [0, 0.05) is 18.8 Å². The zero-order valence-corrected chi connectivity index (χ0v) is 12.7. The number of nitrogens with one attached hydrogen (secondary N) is 2. The molecule has 110 valence electrons. The summed E-state index contributed by atoms with van der Waals surface area (Å²) in [5, 5.41) is 7.10. The highest BCUT2D eigenvalue weighted by Crippen LogP contribution is 2.26. The van der Waals surface area contributed by atoms with Gasteiger partial charge in [0.2, 0.25) is 0 Å². The molecule has 0 bridgehead atoms. The topological polar surface area (TPSA) is 24.1 Å². The number of anilines is 1. The lowest BCUT2D eigenvalue weighted by atomic mass is 9.83. The molecule has 21 heavy (non-hydrogen) atoms. The second kappa shape index (κ2) is 6.31. The van der Waals surface area contributed by atoms with Gasteiger partial charge in [-0.25, -0.2) is 0 Å². The van der Waals surface area contributed by atoms with Crippen molar-refractivity contribution in [2.45, 2.75) is 19.8 Å². The minimum Gasteiger partial charge on any atom is -0.384 e. The number of rotatable bonds is 4. The van der Waals surface area contributed by atoms with Crippen LogP contribution in [0.3, 0.4) is 0 Å². The largest absolute Gasteiger partial charge is 0.384 e. The molecule has 2 aromatic rings. The number of benzene rings is 2. The zero-order valence-electron chi connectivity index (χ0n) is 12.7. The summed E-state index contributed by atoms with van der Waals surface area (Å²) >= 11 is 0. The molecule has 2 nitrogen and oxygen atoms in total. The lowest BCUT2D eigenvalue weighted by molar-refractivity contribution is 0.253. The summed E-state index contributed by atoms with van der Waals surface area (Å²) in [5.41, 5.74) is 4.12. The van der Waals surface area contributed by atoms with Gasteiger partial charge >= 0.3 is 0 Å².